The first kappa shape index (κ1) is 27.6. The van der Waals surface area contributed by atoms with Crippen LogP contribution in [-0.2, 0) is 17.7 Å². The molecular weight excluding hydrogens is 544 g/mol. The number of rotatable bonds is 7. The topological polar surface area (TPSA) is 133 Å². The molecule has 2 saturated heterocycles. The maximum atomic E-state index is 11.2. The third-order valence-corrected chi connectivity index (χ3v) is 8.44. The Balaban J connectivity index is 1.09. The van der Waals surface area contributed by atoms with Gasteiger partial charge in [0.15, 0.2) is 0 Å². The molecule has 3 N–H and O–H groups in total. The summed E-state index contributed by atoms with van der Waals surface area (Å²) < 4.78 is 5.57. The molecule has 43 heavy (non-hydrogen) atoms. The van der Waals surface area contributed by atoms with Crippen molar-refractivity contribution in [1.29, 1.82) is 0 Å². The lowest BCUT2D eigenvalue weighted by molar-refractivity contribution is -0.0285. The van der Waals surface area contributed by atoms with E-state index in [4.69, 9.17) is 20.4 Å². The van der Waals surface area contributed by atoms with Gasteiger partial charge in [-0.2, -0.15) is 4.98 Å². The van der Waals surface area contributed by atoms with Crippen molar-refractivity contribution < 1.29 is 9.84 Å². The van der Waals surface area contributed by atoms with Crippen LogP contribution in [0.4, 0.5) is 23.4 Å². The van der Waals surface area contributed by atoms with Crippen LogP contribution in [0.15, 0.2) is 61.2 Å². The zero-order valence-corrected chi connectivity index (χ0v) is 24.1. The molecule has 222 valence electrons. The van der Waals surface area contributed by atoms with Crippen molar-refractivity contribution in [2.24, 2.45) is 0 Å². The van der Waals surface area contributed by atoms with Crippen LogP contribution in [0, 0.1) is 0 Å². The van der Waals surface area contributed by atoms with Gasteiger partial charge in [0.25, 0.3) is 0 Å². The molecule has 1 atom stereocenters. The van der Waals surface area contributed by atoms with Crippen LogP contribution in [-0.4, -0.2) is 98.9 Å². The predicted octanol–water partition coefficient (Wildman–Crippen LogP) is 2.25. The molecule has 0 saturated carbocycles. The van der Waals surface area contributed by atoms with E-state index in [0.717, 1.165) is 92.7 Å². The minimum absolute atomic E-state index is 0.235. The minimum atomic E-state index is -0.646. The predicted molar refractivity (Wildman–Crippen MR) is 164 cm³/mol. The first-order valence-electron chi connectivity index (χ1n) is 14.8. The number of hydrogen-bond donors (Lipinski definition) is 2. The van der Waals surface area contributed by atoms with Gasteiger partial charge in [-0.15, -0.1) is 0 Å². The lowest BCUT2D eigenvalue weighted by Gasteiger charge is -2.37. The Morgan fingerprint density at radius 3 is 2.37 bits per heavy atom. The van der Waals surface area contributed by atoms with Gasteiger partial charge in [-0.25, -0.2) is 15.0 Å². The summed E-state index contributed by atoms with van der Waals surface area (Å²) >= 11 is 0. The van der Waals surface area contributed by atoms with E-state index >= 15 is 0 Å². The SMILES string of the molecule is Nc1ncc(-c2nc(N3CCOCC3)nc3c2CCN3c2ccc(C(O)N3CCN(Cc4cccnc4)CC3)cc2)cn1. The van der Waals surface area contributed by atoms with E-state index in [9.17, 15) is 5.11 Å². The van der Waals surface area contributed by atoms with E-state index in [1.54, 1.807) is 18.6 Å². The third-order valence-electron chi connectivity index (χ3n) is 8.44. The lowest BCUT2D eigenvalue weighted by Crippen LogP contribution is -2.47. The minimum Gasteiger partial charge on any atom is -0.378 e. The largest absolute Gasteiger partial charge is 0.378 e. The molecule has 7 rings (SSSR count). The fourth-order valence-corrected chi connectivity index (χ4v) is 6.05. The standard InChI is InChI=1S/C31H36N10O2/c32-30-34-19-24(20-35-30)27-26-7-9-41(28(26)37-31(36-27)40-14-16-43-17-15-40)25-5-3-23(4-6-25)29(42)39-12-10-38(11-13-39)21-22-2-1-8-33-18-22/h1-6,8,18-20,29,42H,7,9-17,21H2,(H2,32,34,35). The van der Waals surface area contributed by atoms with Crippen molar-refractivity contribution in [1.82, 2.24) is 34.7 Å². The number of aromatic nitrogens is 5. The number of morpholine rings is 1. The van der Waals surface area contributed by atoms with E-state index in [1.807, 2.05) is 24.4 Å². The summed E-state index contributed by atoms with van der Waals surface area (Å²) in [7, 11) is 0. The molecule has 3 aromatic heterocycles. The first-order chi connectivity index (χ1) is 21.1. The number of aliphatic hydroxyl groups excluding tert-OH is 1. The summed E-state index contributed by atoms with van der Waals surface area (Å²) in [5, 5.41) is 11.2. The first-order valence-corrected chi connectivity index (χ1v) is 14.8. The number of hydrogen-bond acceptors (Lipinski definition) is 12. The molecule has 1 aromatic carbocycles. The normalized spacial score (nSPS) is 18.5. The zero-order valence-electron chi connectivity index (χ0n) is 24.1. The number of ether oxygens (including phenoxy) is 1. The van der Waals surface area contributed by atoms with Gasteiger partial charge in [0.1, 0.15) is 12.0 Å². The number of pyridine rings is 1. The Morgan fingerprint density at radius 2 is 1.65 bits per heavy atom. The quantitative estimate of drug-likeness (QED) is 0.332. The number of piperazine rings is 1. The maximum Gasteiger partial charge on any atom is 0.228 e. The average Bonchev–Trinajstić information content (AvgIpc) is 3.50. The van der Waals surface area contributed by atoms with Gasteiger partial charge in [-0.05, 0) is 35.7 Å². The zero-order chi connectivity index (χ0) is 29.2. The smallest absolute Gasteiger partial charge is 0.228 e. The van der Waals surface area contributed by atoms with Crippen molar-refractivity contribution in [2.75, 3.05) is 74.6 Å². The third kappa shape index (κ3) is 5.87. The summed E-state index contributed by atoms with van der Waals surface area (Å²) in [5.41, 5.74) is 11.6. The number of aliphatic hydroxyl groups is 1. The molecule has 12 nitrogen and oxygen atoms in total. The Labute approximate surface area is 250 Å². The van der Waals surface area contributed by atoms with Crippen LogP contribution in [0.2, 0.25) is 0 Å². The van der Waals surface area contributed by atoms with Gasteiger partial charge in [-0.3, -0.25) is 14.8 Å². The Kier molecular flexibility index (Phi) is 7.81. The molecule has 0 amide bonds. The highest BCUT2D eigenvalue weighted by atomic mass is 16.5. The molecular formula is C31H36N10O2. The summed E-state index contributed by atoms with van der Waals surface area (Å²) in [5.74, 6) is 1.80. The number of nitrogen functional groups attached to an aromatic ring is 1. The van der Waals surface area contributed by atoms with Gasteiger partial charge in [0.05, 0.1) is 18.9 Å². The number of benzene rings is 1. The highest BCUT2D eigenvalue weighted by molar-refractivity contribution is 5.76. The van der Waals surface area contributed by atoms with Crippen molar-refractivity contribution in [2.45, 2.75) is 19.2 Å². The van der Waals surface area contributed by atoms with E-state index in [1.165, 1.54) is 5.56 Å². The Hall–Kier alpha value is -4.23. The van der Waals surface area contributed by atoms with Crippen LogP contribution in [0.1, 0.15) is 22.9 Å². The second kappa shape index (κ2) is 12.2. The van der Waals surface area contributed by atoms with Gasteiger partial charge in [0, 0.05) is 94.0 Å². The molecule has 0 aliphatic carbocycles. The number of fused-ring (bicyclic) bond motifs is 1. The fraction of sp³-hybridized carbons (Fsp3) is 0.387. The van der Waals surface area contributed by atoms with Crippen LogP contribution >= 0.6 is 0 Å². The molecule has 2 fully saturated rings. The molecule has 1 unspecified atom stereocenters. The van der Waals surface area contributed by atoms with Crippen molar-refractivity contribution in [3.63, 3.8) is 0 Å². The van der Waals surface area contributed by atoms with Crippen LogP contribution < -0.4 is 15.5 Å². The molecule has 4 aromatic rings. The van der Waals surface area contributed by atoms with Gasteiger partial charge in [0.2, 0.25) is 11.9 Å². The molecule has 0 bridgehead atoms. The summed E-state index contributed by atoms with van der Waals surface area (Å²) in [6.45, 7) is 7.85. The highest BCUT2D eigenvalue weighted by Gasteiger charge is 2.30. The molecule has 3 aliphatic heterocycles. The van der Waals surface area contributed by atoms with Gasteiger partial charge >= 0.3 is 0 Å². The van der Waals surface area contributed by atoms with Crippen LogP contribution in [0.3, 0.4) is 0 Å². The lowest BCUT2D eigenvalue weighted by atomic mass is 10.1. The summed E-state index contributed by atoms with van der Waals surface area (Å²) in [6.07, 6.45) is 7.33. The van der Waals surface area contributed by atoms with Crippen molar-refractivity contribution in [3.8, 4) is 11.3 Å². The maximum absolute atomic E-state index is 11.2. The Morgan fingerprint density at radius 1 is 0.884 bits per heavy atom. The van der Waals surface area contributed by atoms with Crippen LogP contribution in [0.5, 0.6) is 0 Å². The van der Waals surface area contributed by atoms with Gasteiger partial charge < -0.3 is 25.4 Å². The molecule has 3 aliphatic rings. The second-order valence-corrected chi connectivity index (χ2v) is 11.1. The summed E-state index contributed by atoms with van der Waals surface area (Å²) in [6, 6.07) is 12.3. The fourth-order valence-electron chi connectivity index (χ4n) is 6.05. The van der Waals surface area contributed by atoms with Crippen molar-refractivity contribution in [3.05, 3.63) is 77.9 Å². The van der Waals surface area contributed by atoms with E-state index in [-0.39, 0.29) is 5.95 Å². The second-order valence-electron chi connectivity index (χ2n) is 11.1. The molecule has 12 heteroatoms. The number of nitrogens with two attached hydrogens (primary N) is 1. The average molecular weight is 581 g/mol. The molecule has 0 spiro atoms. The van der Waals surface area contributed by atoms with Crippen molar-refractivity contribution >= 4 is 23.4 Å². The number of nitrogens with zero attached hydrogens (tertiary/aromatic N) is 9. The molecule has 6 heterocycles. The van der Waals surface area contributed by atoms with E-state index in [2.05, 4.69) is 52.8 Å². The van der Waals surface area contributed by atoms with Gasteiger partial charge in [-0.1, -0.05) is 18.2 Å². The van der Waals surface area contributed by atoms with Crippen LogP contribution in [0.25, 0.3) is 11.3 Å². The summed E-state index contributed by atoms with van der Waals surface area (Å²) in [4.78, 5) is 31.6. The monoisotopic (exact) mass is 580 g/mol. The van der Waals surface area contributed by atoms with E-state index < -0.39 is 6.23 Å². The van der Waals surface area contributed by atoms with E-state index in [0.29, 0.717) is 19.2 Å². The highest BCUT2D eigenvalue weighted by Crippen LogP contribution is 2.39. The Bertz CT molecular complexity index is 1520. The number of anilines is 4. The molecule has 0 radical (unpaired) electrons.